The first kappa shape index (κ1) is 18.5. The van der Waals surface area contributed by atoms with Crippen LogP contribution in [0.25, 0.3) is 0 Å². The first-order valence-electron chi connectivity index (χ1n) is 7.94. The Morgan fingerprint density at radius 1 is 1.04 bits per heavy atom. The maximum Gasteiger partial charge on any atom is 0.248 e. The summed E-state index contributed by atoms with van der Waals surface area (Å²) in [5.41, 5.74) is 8.49. The highest BCUT2D eigenvalue weighted by Crippen LogP contribution is 2.26. The van der Waals surface area contributed by atoms with E-state index in [0.717, 1.165) is 5.56 Å². The van der Waals surface area contributed by atoms with Crippen LogP contribution in [0.4, 0.5) is 0 Å². The van der Waals surface area contributed by atoms with Gasteiger partial charge in [0.15, 0.2) is 0 Å². The number of nitrogens with two attached hydrogens (primary N) is 1. The molecule has 3 rings (SSSR count). The molecule has 1 heterocycles. The fourth-order valence-corrected chi connectivity index (χ4v) is 3.01. The van der Waals surface area contributed by atoms with Gasteiger partial charge in [0.05, 0.1) is 6.61 Å². The van der Waals surface area contributed by atoms with E-state index in [0.29, 0.717) is 19.7 Å². The number of ether oxygens (including phenoxy) is 1. The van der Waals surface area contributed by atoms with Crippen molar-refractivity contribution in [1.29, 1.82) is 0 Å². The fraction of sp³-hybridized carbons (Fsp3) is 0.316. The van der Waals surface area contributed by atoms with Crippen molar-refractivity contribution in [2.24, 2.45) is 5.73 Å². The first-order chi connectivity index (χ1) is 11.2. The minimum absolute atomic E-state index is 0. The SMILES string of the molecule is Cl.N[C@@H]1CN(C(=O)COCc2ccccc2)C[C@H]1c1ccccc1. The maximum atomic E-state index is 12.3. The number of halogens is 1. The average molecular weight is 347 g/mol. The quantitative estimate of drug-likeness (QED) is 0.905. The zero-order valence-corrected chi connectivity index (χ0v) is 14.3. The van der Waals surface area contributed by atoms with Crippen molar-refractivity contribution < 1.29 is 9.53 Å². The predicted octanol–water partition coefficient (Wildman–Crippen LogP) is 2.58. The van der Waals surface area contributed by atoms with E-state index >= 15 is 0 Å². The Kier molecular flexibility index (Phi) is 6.79. The molecule has 2 aromatic carbocycles. The summed E-state index contributed by atoms with van der Waals surface area (Å²) in [6.07, 6.45) is 0. The monoisotopic (exact) mass is 346 g/mol. The van der Waals surface area contributed by atoms with Gasteiger partial charge >= 0.3 is 0 Å². The lowest BCUT2D eigenvalue weighted by atomic mass is 9.95. The number of hydrogen-bond donors (Lipinski definition) is 1. The van der Waals surface area contributed by atoms with Crippen LogP contribution in [0.2, 0.25) is 0 Å². The number of hydrogen-bond acceptors (Lipinski definition) is 3. The third-order valence-electron chi connectivity index (χ3n) is 4.28. The van der Waals surface area contributed by atoms with Crippen LogP contribution in [-0.4, -0.2) is 36.5 Å². The van der Waals surface area contributed by atoms with Crippen molar-refractivity contribution in [3.63, 3.8) is 0 Å². The first-order valence-corrected chi connectivity index (χ1v) is 7.94. The number of rotatable bonds is 5. The standard InChI is InChI=1S/C19H22N2O2.ClH/c20-18-12-21(11-17(18)16-9-5-2-6-10-16)19(22)14-23-13-15-7-3-1-4-8-15;/h1-10,17-18H,11-14,20H2;1H/t17-,18+;/m0./s1. The molecule has 0 saturated carbocycles. The molecular weight excluding hydrogens is 324 g/mol. The smallest absolute Gasteiger partial charge is 0.248 e. The second kappa shape index (κ2) is 8.83. The molecule has 1 amide bonds. The molecule has 1 aliphatic rings. The van der Waals surface area contributed by atoms with Gasteiger partial charge in [-0.15, -0.1) is 12.4 Å². The van der Waals surface area contributed by atoms with Crippen LogP contribution >= 0.6 is 12.4 Å². The summed E-state index contributed by atoms with van der Waals surface area (Å²) < 4.78 is 5.54. The predicted molar refractivity (Wildman–Crippen MR) is 97.1 cm³/mol. The van der Waals surface area contributed by atoms with Crippen LogP contribution in [0.5, 0.6) is 0 Å². The number of benzene rings is 2. The Labute approximate surface area is 149 Å². The van der Waals surface area contributed by atoms with Crippen molar-refractivity contribution in [2.75, 3.05) is 19.7 Å². The van der Waals surface area contributed by atoms with Gasteiger partial charge in [-0.25, -0.2) is 0 Å². The van der Waals surface area contributed by atoms with Gasteiger partial charge in [0.1, 0.15) is 6.61 Å². The summed E-state index contributed by atoms with van der Waals surface area (Å²) in [4.78, 5) is 14.1. The van der Waals surface area contributed by atoms with E-state index in [4.69, 9.17) is 10.5 Å². The molecule has 2 aromatic rings. The summed E-state index contributed by atoms with van der Waals surface area (Å²) >= 11 is 0. The minimum atomic E-state index is -0.0181. The molecule has 5 heteroatoms. The van der Waals surface area contributed by atoms with Crippen LogP contribution < -0.4 is 5.73 Å². The number of carbonyl (C=O) groups excluding carboxylic acids is 1. The molecule has 2 N–H and O–H groups in total. The molecule has 4 nitrogen and oxygen atoms in total. The summed E-state index contributed by atoms with van der Waals surface area (Å²) in [5, 5.41) is 0. The van der Waals surface area contributed by atoms with E-state index < -0.39 is 0 Å². The Morgan fingerprint density at radius 3 is 2.33 bits per heavy atom. The van der Waals surface area contributed by atoms with Gasteiger partial charge in [0.25, 0.3) is 0 Å². The molecule has 1 saturated heterocycles. The van der Waals surface area contributed by atoms with Crippen LogP contribution in [0.1, 0.15) is 17.0 Å². The molecule has 0 aromatic heterocycles. The van der Waals surface area contributed by atoms with Gasteiger partial charge in [0.2, 0.25) is 5.91 Å². The van der Waals surface area contributed by atoms with Crippen LogP contribution in [-0.2, 0) is 16.1 Å². The minimum Gasteiger partial charge on any atom is -0.367 e. The Morgan fingerprint density at radius 2 is 1.67 bits per heavy atom. The van der Waals surface area contributed by atoms with Gasteiger partial charge in [-0.2, -0.15) is 0 Å². The lowest BCUT2D eigenvalue weighted by Crippen LogP contribution is -2.34. The number of likely N-dealkylation sites (tertiary alicyclic amines) is 1. The highest BCUT2D eigenvalue weighted by molar-refractivity contribution is 5.85. The second-order valence-corrected chi connectivity index (χ2v) is 5.96. The van der Waals surface area contributed by atoms with Gasteiger partial charge < -0.3 is 15.4 Å². The van der Waals surface area contributed by atoms with Crippen molar-refractivity contribution in [1.82, 2.24) is 4.90 Å². The second-order valence-electron chi connectivity index (χ2n) is 5.96. The molecule has 0 bridgehead atoms. The van der Waals surface area contributed by atoms with E-state index in [1.165, 1.54) is 5.56 Å². The number of carbonyl (C=O) groups is 1. The topological polar surface area (TPSA) is 55.6 Å². The van der Waals surface area contributed by atoms with Crippen molar-refractivity contribution >= 4 is 18.3 Å². The Balaban J connectivity index is 0.00000208. The van der Waals surface area contributed by atoms with E-state index in [9.17, 15) is 4.79 Å². The normalized spacial score (nSPS) is 19.8. The molecule has 0 radical (unpaired) electrons. The lowest BCUT2D eigenvalue weighted by Gasteiger charge is -2.16. The molecule has 0 spiro atoms. The zero-order chi connectivity index (χ0) is 16.1. The van der Waals surface area contributed by atoms with E-state index in [2.05, 4.69) is 12.1 Å². The molecule has 0 aliphatic carbocycles. The fourth-order valence-electron chi connectivity index (χ4n) is 3.01. The van der Waals surface area contributed by atoms with Crippen LogP contribution in [0.15, 0.2) is 60.7 Å². The lowest BCUT2D eigenvalue weighted by molar-refractivity contribution is -0.135. The third-order valence-corrected chi connectivity index (χ3v) is 4.28. The molecule has 2 atom stereocenters. The van der Waals surface area contributed by atoms with Gasteiger partial charge in [-0.05, 0) is 11.1 Å². The van der Waals surface area contributed by atoms with Gasteiger partial charge in [-0.1, -0.05) is 60.7 Å². The van der Waals surface area contributed by atoms with Crippen molar-refractivity contribution in [2.45, 2.75) is 18.6 Å². The van der Waals surface area contributed by atoms with Crippen molar-refractivity contribution in [3.8, 4) is 0 Å². The summed E-state index contributed by atoms with van der Waals surface area (Å²) in [6.45, 7) is 1.81. The summed E-state index contributed by atoms with van der Waals surface area (Å²) in [5.74, 6) is 0.212. The number of nitrogens with zero attached hydrogens (tertiary/aromatic N) is 1. The molecular formula is C19H23ClN2O2. The molecule has 1 fully saturated rings. The van der Waals surface area contributed by atoms with E-state index in [1.807, 2.05) is 53.4 Å². The maximum absolute atomic E-state index is 12.3. The van der Waals surface area contributed by atoms with Gasteiger partial charge in [-0.3, -0.25) is 4.79 Å². The van der Waals surface area contributed by atoms with Gasteiger partial charge in [0, 0.05) is 25.0 Å². The number of amides is 1. The average Bonchev–Trinajstić information content (AvgIpc) is 2.98. The van der Waals surface area contributed by atoms with Crippen molar-refractivity contribution in [3.05, 3.63) is 71.8 Å². The van der Waals surface area contributed by atoms with E-state index in [1.54, 1.807) is 0 Å². The van der Waals surface area contributed by atoms with Crippen LogP contribution in [0.3, 0.4) is 0 Å². The largest absolute Gasteiger partial charge is 0.367 e. The summed E-state index contributed by atoms with van der Waals surface area (Å²) in [6, 6.07) is 20.0. The molecule has 24 heavy (non-hydrogen) atoms. The highest BCUT2D eigenvalue weighted by atomic mass is 35.5. The molecule has 0 unspecified atom stereocenters. The highest BCUT2D eigenvalue weighted by Gasteiger charge is 2.33. The third kappa shape index (κ3) is 4.57. The molecule has 128 valence electrons. The summed E-state index contributed by atoms with van der Waals surface area (Å²) in [7, 11) is 0. The zero-order valence-electron chi connectivity index (χ0n) is 13.5. The van der Waals surface area contributed by atoms with Crippen LogP contribution in [0, 0.1) is 0 Å². The van der Waals surface area contributed by atoms with E-state index in [-0.39, 0.29) is 36.9 Å². The Hall–Kier alpha value is -1.88. The molecule has 1 aliphatic heterocycles. The Bertz CT molecular complexity index is 636.